The van der Waals surface area contributed by atoms with Gasteiger partial charge in [-0.2, -0.15) is 0 Å². The van der Waals surface area contributed by atoms with Crippen LogP contribution >= 0.6 is 11.3 Å². The lowest BCUT2D eigenvalue weighted by atomic mass is 10.2. The Bertz CT molecular complexity index is 885. The molecule has 1 N–H and O–H groups in total. The largest absolute Gasteiger partial charge is 0.344 e. The molecule has 3 aromatic rings. The first kappa shape index (κ1) is 16.0. The van der Waals surface area contributed by atoms with E-state index in [-0.39, 0.29) is 11.9 Å². The standard InChI is InChI=1S/C18H19N5OS/c1-11-10-16(20-12(2)19-11)23-9-5-7-14(23)17(24)22-18-21-13-6-3-4-8-15(13)25-18/h3-4,6,8,10,14H,5,7,9H2,1-2H3,(H,21,22,24). The van der Waals surface area contributed by atoms with Crippen molar-refractivity contribution >= 4 is 38.4 Å². The van der Waals surface area contributed by atoms with E-state index in [9.17, 15) is 4.79 Å². The third-order valence-corrected chi connectivity index (χ3v) is 5.28. The van der Waals surface area contributed by atoms with E-state index in [1.165, 1.54) is 11.3 Å². The number of carbonyl (C=O) groups excluding carboxylic acids is 1. The first-order valence-electron chi connectivity index (χ1n) is 8.35. The van der Waals surface area contributed by atoms with Crippen molar-refractivity contribution in [2.45, 2.75) is 32.7 Å². The summed E-state index contributed by atoms with van der Waals surface area (Å²) in [7, 11) is 0. The van der Waals surface area contributed by atoms with Crippen molar-refractivity contribution in [3.63, 3.8) is 0 Å². The normalized spacial score (nSPS) is 17.2. The highest BCUT2D eigenvalue weighted by Crippen LogP contribution is 2.28. The molecule has 1 amide bonds. The van der Waals surface area contributed by atoms with E-state index in [0.29, 0.717) is 5.13 Å². The molecular formula is C18H19N5OS. The molecule has 0 bridgehead atoms. The lowest BCUT2D eigenvalue weighted by Crippen LogP contribution is -2.40. The zero-order valence-electron chi connectivity index (χ0n) is 14.2. The number of amides is 1. The van der Waals surface area contributed by atoms with E-state index in [4.69, 9.17) is 0 Å². The second-order valence-corrected chi connectivity index (χ2v) is 7.27. The number of carbonyl (C=O) groups is 1. The molecule has 1 atom stereocenters. The van der Waals surface area contributed by atoms with Gasteiger partial charge in [-0.15, -0.1) is 0 Å². The summed E-state index contributed by atoms with van der Waals surface area (Å²) in [5.74, 6) is 1.53. The molecule has 1 unspecified atom stereocenters. The predicted octanol–water partition coefficient (Wildman–Crippen LogP) is 3.31. The van der Waals surface area contributed by atoms with Gasteiger partial charge in [-0.1, -0.05) is 23.5 Å². The van der Waals surface area contributed by atoms with Crippen LogP contribution < -0.4 is 10.2 Å². The molecule has 0 radical (unpaired) electrons. The molecule has 0 saturated carbocycles. The topological polar surface area (TPSA) is 71.0 Å². The van der Waals surface area contributed by atoms with Crippen molar-refractivity contribution in [1.29, 1.82) is 0 Å². The maximum absolute atomic E-state index is 12.8. The first-order valence-corrected chi connectivity index (χ1v) is 9.17. The summed E-state index contributed by atoms with van der Waals surface area (Å²) in [6, 6.07) is 9.61. The maximum atomic E-state index is 12.8. The van der Waals surface area contributed by atoms with Crippen LogP contribution in [0, 0.1) is 13.8 Å². The van der Waals surface area contributed by atoms with Crippen LogP contribution in [0.3, 0.4) is 0 Å². The molecule has 1 aliphatic rings. The average Bonchev–Trinajstić information content (AvgIpc) is 3.20. The van der Waals surface area contributed by atoms with Gasteiger partial charge < -0.3 is 10.2 Å². The van der Waals surface area contributed by atoms with Crippen LogP contribution in [0.15, 0.2) is 30.3 Å². The summed E-state index contributed by atoms with van der Waals surface area (Å²) in [4.78, 5) is 28.2. The lowest BCUT2D eigenvalue weighted by Gasteiger charge is -2.24. The Balaban J connectivity index is 1.56. The van der Waals surface area contributed by atoms with Gasteiger partial charge in [-0.3, -0.25) is 4.79 Å². The molecule has 4 rings (SSSR count). The highest BCUT2D eigenvalue weighted by atomic mass is 32.1. The molecule has 7 heteroatoms. The van der Waals surface area contributed by atoms with Crippen molar-refractivity contribution < 1.29 is 4.79 Å². The monoisotopic (exact) mass is 353 g/mol. The van der Waals surface area contributed by atoms with Gasteiger partial charge in [0.15, 0.2) is 5.13 Å². The number of fused-ring (bicyclic) bond motifs is 1. The minimum absolute atomic E-state index is 0.0227. The van der Waals surface area contributed by atoms with Crippen molar-refractivity contribution in [3.05, 3.63) is 41.9 Å². The molecule has 1 fully saturated rings. The van der Waals surface area contributed by atoms with Crippen LogP contribution in [0.5, 0.6) is 0 Å². The number of aromatic nitrogens is 3. The molecule has 2 aromatic heterocycles. The van der Waals surface area contributed by atoms with Crippen molar-refractivity contribution in [1.82, 2.24) is 15.0 Å². The quantitative estimate of drug-likeness (QED) is 0.782. The molecule has 6 nitrogen and oxygen atoms in total. The van der Waals surface area contributed by atoms with Gasteiger partial charge in [-0.05, 0) is 38.8 Å². The Morgan fingerprint density at radius 3 is 2.88 bits per heavy atom. The fraction of sp³-hybridized carbons (Fsp3) is 0.333. The molecule has 0 aliphatic carbocycles. The van der Waals surface area contributed by atoms with Gasteiger partial charge in [-0.25, -0.2) is 15.0 Å². The summed E-state index contributed by atoms with van der Waals surface area (Å²) in [6.45, 7) is 4.65. The number of thiazole rings is 1. The van der Waals surface area contributed by atoms with Crippen LogP contribution in [-0.2, 0) is 4.79 Å². The number of benzene rings is 1. The zero-order valence-corrected chi connectivity index (χ0v) is 15.0. The minimum Gasteiger partial charge on any atom is -0.344 e. The number of hydrogen-bond acceptors (Lipinski definition) is 6. The fourth-order valence-electron chi connectivity index (χ4n) is 3.27. The van der Waals surface area contributed by atoms with E-state index in [2.05, 4.69) is 25.2 Å². The number of aryl methyl sites for hydroxylation is 2. The zero-order chi connectivity index (χ0) is 17.4. The van der Waals surface area contributed by atoms with E-state index in [1.54, 1.807) is 0 Å². The Morgan fingerprint density at radius 1 is 1.24 bits per heavy atom. The smallest absolute Gasteiger partial charge is 0.248 e. The molecule has 128 valence electrons. The van der Waals surface area contributed by atoms with Crippen molar-refractivity contribution in [2.24, 2.45) is 0 Å². The molecule has 1 saturated heterocycles. The van der Waals surface area contributed by atoms with Gasteiger partial charge in [0.1, 0.15) is 17.7 Å². The van der Waals surface area contributed by atoms with Crippen LogP contribution in [-0.4, -0.2) is 33.4 Å². The van der Waals surface area contributed by atoms with E-state index >= 15 is 0 Å². The molecule has 1 aliphatic heterocycles. The SMILES string of the molecule is Cc1cc(N2CCCC2C(=O)Nc2nc3ccccc3s2)nc(C)n1. The summed E-state index contributed by atoms with van der Waals surface area (Å²) in [6.07, 6.45) is 1.79. The summed E-state index contributed by atoms with van der Waals surface area (Å²) in [5.41, 5.74) is 1.83. The number of rotatable bonds is 3. The first-order chi connectivity index (χ1) is 12.1. The van der Waals surface area contributed by atoms with Gasteiger partial charge in [0.2, 0.25) is 5.91 Å². The van der Waals surface area contributed by atoms with E-state index in [0.717, 1.165) is 46.9 Å². The van der Waals surface area contributed by atoms with Crippen LogP contribution in [0.4, 0.5) is 10.9 Å². The predicted molar refractivity (Wildman–Crippen MR) is 100 cm³/mol. The Labute approximate surface area is 149 Å². The molecule has 3 heterocycles. The second-order valence-electron chi connectivity index (χ2n) is 6.24. The van der Waals surface area contributed by atoms with Gasteiger partial charge in [0.05, 0.1) is 10.2 Å². The number of hydrogen-bond donors (Lipinski definition) is 1. The Morgan fingerprint density at radius 2 is 2.08 bits per heavy atom. The second kappa shape index (κ2) is 6.40. The third-order valence-electron chi connectivity index (χ3n) is 4.33. The molecule has 0 spiro atoms. The van der Waals surface area contributed by atoms with Crippen LogP contribution in [0.25, 0.3) is 10.2 Å². The van der Waals surface area contributed by atoms with Gasteiger partial charge in [0.25, 0.3) is 0 Å². The van der Waals surface area contributed by atoms with E-state index < -0.39 is 0 Å². The van der Waals surface area contributed by atoms with Crippen molar-refractivity contribution in [3.8, 4) is 0 Å². The number of nitrogens with zero attached hydrogens (tertiary/aromatic N) is 4. The summed E-state index contributed by atoms with van der Waals surface area (Å²) < 4.78 is 1.07. The van der Waals surface area contributed by atoms with E-state index in [1.807, 2.05) is 44.2 Å². The van der Waals surface area contributed by atoms with Crippen LogP contribution in [0.1, 0.15) is 24.4 Å². The Kier molecular flexibility index (Phi) is 4.09. The summed E-state index contributed by atoms with van der Waals surface area (Å²) >= 11 is 1.50. The third kappa shape index (κ3) is 3.19. The molecule has 1 aromatic carbocycles. The van der Waals surface area contributed by atoms with Gasteiger partial charge >= 0.3 is 0 Å². The highest BCUT2D eigenvalue weighted by Gasteiger charge is 2.32. The van der Waals surface area contributed by atoms with Gasteiger partial charge in [0, 0.05) is 18.3 Å². The summed E-state index contributed by atoms with van der Waals surface area (Å²) in [5, 5.41) is 3.63. The average molecular weight is 353 g/mol. The fourth-order valence-corrected chi connectivity index (χ4v) is 4.14. The number of para-hydroxylation sites is 1. The number of anilines is 2. The minimum atomic E-state index is -0.222. The highest BCUT2D eigenvalue weighted by molar-refractivity contribution is 7.22. The Hall–Kier alpha value is -2.54. The van der Waals surface area contributed by atoms with Crippen molar-refractivity contribution in [2.75, 3.05) is 16.8 Å². The van der Waals surface area contributed by atoms with Crippen LogP contribution in [0.2, 0.25) is 0 Å². The maximum Gasteiger partial charge on any atom is 0.248 e. The number of nitrogens with one attached hydrogen (secondary N) is 1. The lowest BCUT2D eigenvalue weighted by molar-refractivity contribution is -0.117. The molecule has 25 heavy (non-hydrogen) atoms. The molecular weight excluding hydrogens is 334 g/mol.